The molecule has 4 atom stereocenters. The smallest absolute Gasteiger partial charge is 0.0946 e. The number of likely N-dealkylation sites (N-methyl/N-ethyl adjacent to an activating group) is 1. The lowest BCUT2D eigenvalue weighted by molar-refractivity contribution is 0.191. The Morgan fingerprint density at radius 1 is 1.15 bits per heavy atom. The molecule has 2 aromatic rings. The molecule has 4 aliphatic rings. The van der Waals surface area contributed by atoms with Gasteiger partial charge in [0.2, 0.25) is 0 Å². The number of aryl methyl sites for hydroxylation is 1. The molecule has 1 unspecified atom stereocenters. The van der Waals surface area contributed by atoms with E-state index in [1.165, 1.54) is 47.3 Å². The molecule has 0 radical (unpaired) electrons. The summed E-state index contributed by atoms with van der Waals surface area (Å²) in [4.78, 5) is 9.88. The number of anilines is 1. The molecular formula is C27H37N5OS. The van der Waals surface area contributed by atoms with E-state index in [0.29, 0.717) is 18.1 Å². The highest BCUT2D eigenvalue weighted by atomic mass is 32.2. The first-order valence-electron chi connectivity index (χ1n) is 13.1. The molecule has 1 N–H and O–H groups in total. The number of fused-ring (bicyclic) bond motifs is 3. The monoisotopic (exact) mass is 479 g/mol. The number of hydrogen-bond acceptors (Lipinski definition) is 5. The number of pyridine rings is 1. The van der Waals surface area contributed by atoms with Gasteiger partial charge in [0.1, 0.15) is 0 Å². The van der Waals surface area contributed by atoms with E-state index in [0.717, 1.165) is 57.7 Å². The molecule has 0 spiro atoms. The van der Waals surface area contributed by atoms with Crippen molar-refractivity contribution in [3.8, 4) is 0 Å². The second-order valence-electron chi connectivity index (χ2n) is 10.5. The first-order chi connectivity index (χ1) is 16.7. The van der Waals surface area contributed by atoms with Crippen molar-refractivity contribution < 1.29 is 4.21 Å². The number of nitrogens with one attached hydrogen (secondary N) is 1. The fraction of sp³-hybridized carbons (Fsp3) is 0.593. The second kappa shape index (κ2) is 9.69. The van der Waals surface area contributed by atoms with Gasteiger partial charge in [-0.1, -0.05) is 18.2 Å². The van der Waals surface area contributed by atoms with Gasteiger partial charge in [-0.25, -0.2) is 8.51 Å². The molecule has 2 fully saturated rings. The zero-order chi connectivity index (χ0) is 23.1. The third kappa shape index (κ3) is 4.32. The summed E-state index contributed by atoms with van der Waals surface area (Å²) >= 11 is 0. The molecule has 3 aliphatic heterocycles. The normalized spacial score (nSPS) is 29.4. The van der Waals surface area contributed by atoms with Gasteiger partial charge in [-0.3, -0.25) is 9.88 Å². The van der Waals surface area contributed by atoms with E-state index < -0.39 is 11.0 Å². The molecule has 182 valence electrons. The van der Waals surface area contributed by atoms with Crippen LogP contribution in [-0.4, -0.2) is 69.5 Å². The van der Waals surface area contributed by atoms with Gasteiger partial charge in [0.05, 0.1) is 22.7 Å². The molecule has 1 aliphatic carbocycles. The highest BCUT2D eigenvalue weighted by Gasteiger charge is 2.35. The maximum Gasteiger partial charge on any atom is 0.0946 e. The minimum absolute atomic E-state index is 0.420. The van der Waals surface area contributed by atoms with E-state index in [9.17, 15) is 4.21 Å². The van der Waals surface area contributed by atoms with Crippen LogP contribution < -0.4 is 10.2 Å². The zero-order valence-corrected chi connectivity index (χ0v) is 21.1. The quantitative estimate of drug-likeness (QED) is 0.731. The fourth-order valence-electron chi connectivity index (χ4n) is 6.63. The number of benzene rings is 1. The molecular weight excluding hydrogens is 442 g/mol. The summed E-state index contributed by atoms with van der Waals surface area (Å²) in [6, 6.07) is 12.5. The van der Waals surface area contributed by atoms with E-state index in [1.54, 1.807) is 0 Å². The van der Waals surface area contributed by atoms with Crippen molar-refractivity contribution in [3.63, 3.8) is 0 Å². The lowest BCUT2D eigenvalue weighted by Gasteiger charge is -2.45. The predicted molar refractivity (Wildman–Crippen MR) is 138 cm³/mol. The molecule has 0 bridgehead atoms. The molecule has 1 aromatic carbocycles. The number of piperazine rings is 1. The topological polar surface area (TPSA) is 51.7 Å². The standard InChI is InChI=1S/C27H37N5OS/c1-30(26-11-2-6-20-8-4-12-28-27(20)26)18-22-16-24-21(17-29-22)7-3-10-25(24)31-13-14-32-23(19-31)9-5-15-34(32)33/h3-4,7-8,10,12,22-23,26,29H,2,5-6,9,11,13-19H2,1H3/t22-,23-,26+,34?/m1/s1. The molecule has 4 heterocycles. The van der Waals surface area contributed by atoms with Gasteiger partial charge in [-0.2, -0.15) is 0 Å². The van der Waals surface area contributed by atoms with Crippen molar-refractivity contribution in [1.29, 1.82) is 0 Å². The molecule has 6 rings (SSSR count). The Labute approximate surface area is 206 Å². The van der Waals surface area contributed by atoms with Crippen molar-refractivity contribution >= 4 is 16.7 Å². The number of rotatable bonds is 4. The molecule has 2 saturated heterocycles. The van der Waals surface area contributed by atoms with Gasteiger partial charge in [0.15, 0.2) is 0 Å². The zero-order valence-electron chi connectivity index (χ0n) is 20.3. The van der Waals surface area contributed by atoms with Crippen LogP contribution in [0.2, 0.25) is 0 Å². The Morgan fingerprint density at radius 3 is 3.00 bits per heavy atom. The summed E-state index contributed by atoms with van der Waals surface area (Å²) in [5.41, 5.74) is 7.09. The molecule has 1 aromatic heterocycles. The summed E-state index contributed by atoms with van der Waals surface area (Å²) in [6.07, 6.45) is 8.88. The third-order valence-electron chi connectivity index (χ3n) is 8.37. The van der Waals surface area contributed by atoms with Crippen molar-refractivity contribution in [2.24, 2.45) is 0 Å². The minimum atomic E-state index is -0.775. The van der Waals surface area contributed by atoms with Crippen LogP contribution in [0.5, 0.6) is 0 Å². The van der Waals surface area contributed by atoms with E-state index in [1.807, 2.05) is 6.20 Å². The van der Waals surface area contributed by atoms with Gasteiger partial charge in [0, 0.05) is 62.4 Å². The first-order valence-corrected chi connectivity index (χ1v) is 14.3. The van der Waals surface area contributed by atoms with E-state index in [-0.39, 0.29) is 0 Å². The average Bonchev–Trinajstić information content (AvgIpc) is 2.88. The Hall–Kier alpha value is -1.80. The van der Waals surface area contributed by atoms with Crippen LogP contribution in [0.1, 0.15) is 54.1 Å². The molecule has 7 heteroatoms. The minimum Gasteiger partial charge on any atom is -0.368 e. The molecule has 34 heavy (non-hydrogen) atoms. The Bertz CT molecular complexity index is 1060. The van der Waals surface area contributed by atoms with Crippen LogP contribution in [0.15, 0.2) is 36.5 Å². The molecule has 6 nitrogen and oxygen atoms in total. The highest BCUT2D eigenvalue weighted by molar-refractivity contribution is 7.82. The number of nitrogens with zero attached hydrogens (tertiary/aromatic N) is 4. The Balaban J connectivity index is 1.17. The van der Waals surface area contributed by atoms with Crippen molar-refractivity contribution in [2.45, 2.75) is 63.2 Å². The van der Waals surface area contributed by atoms with Gasteiger partial charge in [-0.05, 0) is 74.4 Å². The number of hydrogen-bond donors (Lipinski definition) is 1. The van der Waals surface area contributed by atoms with Crippen LogP contribution in [0.25, 0.3) is 0 Å². The van der Waals surface area contributed by atoms with Crippen molar-refractivity contribution in [2.75, 3.05) is 43.9 Å². The summed E-state index contributed by atoms with van der Waals surface area (Å²) in [7, 11) is 1.50. The molecule has 0 amide bonds. The van der Waals surface area contributed by atoms with Crippen LogP contribution in [-0.2, 0) is 30.4 Å². The van der Waals surface area contributed by atoms with Crippen LogP contribution >= 0.6 is 0 Å². The fourth-order valence-corrected chi connectivity index (χ4v) is 8.07. The Morgan fingerprint density at radius 2 is 2.06 bits per heavy atom. The third-order valence-corrected chi connectivity index (χ3v) is 10.0. The van der Waals surface area contributed by atoms with Crippen LogP contribution in [0.3, 0.4) is 0 Å². The van der Waals surface area contributed by atoms with Gasteiger partial charge in [-0.15, -0.1) is 0 Å². The Kier molecular flexibility index (Phi) is 6.45. The molecule has 0 saturated carbocycles. The average molecular weight is 480 g/mol. The summed E-state index contributed by atoms with van der Waals surface area (Å²) in [6.45, 7) is 4.86. The van der Waals surface area contributed by atoms with Gasteiger partial charge in [0.25, 0.3) is 0 Å². The maximum absolute atomic E-state index is 12.5. The highest BCUT2D eigenvalue weighted by Crippen LogP contribution is 2.34. The summed E-state index contributed by atoms with van der Waals surface area (Å²) in [5, 5.41) is 3.82. The summed E-state index contributed by atoms with van der Waals surface area (Å²) in [5.74, 6) is 0.846. The lowest BCUT2D eigenvalue weighted by Crippen LogP contribution is -2.56. The summed E-state index contributed by atoms with van der Waals surface area (Å²) < 4.78 is 14.7. The second-order valence-corrected chi connectivity index (χ2v) is 12.0. The van der Waals surface area contributed by atoms with Crippen LogP contribution in [0, 0.1) is 0 Å². The predicted octanol–water partition coefficient (Wildman–Crippen LogP) is 3.05. The maximum atomic E-state index is 12.5. The van der Waals surface area contributed by atoms with E-state index in [2.05, 4.69) is 56.8 Å². The van der Waals surface area contributed by atoms with Gasteiger partial charge < -0.3 is 10.2 Å². The van der Waals surface area contributed by atoms with E-state index in [4.69, 9.17) is 4.98 Å². The number of aromatic nitrogens is 1. The van der Waals surface area contributed by atoms with Crippen molar-refractivity contribution in [3.05, 3.63) is 58.9 Å². The van der Waals surface area contributed by atoms with Crippen LogP contribution in [0.4, 0.5) is 5.69 Å². The van der Waals surface area contributed by atoms with Gasteiger partial charge >= 0.3 is 0 Å². The lowest BCUT2D eigenvalue weighted by atomic mass is 9.89. The van der Waals surface area contributed by atoms with E-state index >= 15 is 0 Å². The largest absolute Gasteiger partial charge is 0.368 e. The first kappa shape index (κ1) is 22.7. The SMILES string of the molecule is CN(C[C@H]1Cc2c(cccc2N2CCN3[C@H](CCCS3=O)C2)CN1)[C@H]1CCCc2cccnc21. The van der Waals surface area contributed by atoms with Crippen molar-refractivity contribution in [1.82, 2.24) is 19.5 Å².